The van der Waals surface area contributed by atoms with Gasteiger partial charge in [-0.25, -0.2) is 4.68 Å². The van der Waals surface area contributed by atoms with Crippen LogP contribution in [0, 0.1) is 6.92 Å². The topological polar surface area (TPSA) is 46.8 Å². The van der Waals surface area contributed by atoms with Crippen molar-refractivity contribution in [1.29, 1.82) is 0 Å². The van der Waals surface area contributed by atoms with Crippen LogP contribution in [-0.2, 0) is 25.9 Å². The van der Waals surface area contributed by atoms with E-state index in [9.17, 15) is 0 Å². The Morgan fingerprint density at radius 2 is 1.59 bits per heavy atom. The van der Waals surface area contributed by atoms with Crippen LogP contribution >= 0.6 is 12.4 Å². The molecule has 1 aliphatic heterocycles. The SMILES string of the molecule is Cc1ccc(C(c2nnnn2CCc2ccccc2)N2CCc3ccccc3C2)cc1.Cl. The number of halogens is 1. The lowest BCUT2D eigenvalue weighted by molar-refractivity contribution is 0.194. The van der Waals surface area contributed by atoms with Crippen molar-refractivity contribution in [2.45, 2.75) is 38.9 Å². The van der Waals surface area contributed by atoms with Gasteiger partial charge in [0.1, 0.15) is 0 Å². The molecule has 0 fully saturated rings. The molecular weight excluding hydrogens is 418 g/mol. The van der Waals surface area contributed by atoms with Gasteiger partial charge in [-0.2, -0.15) is 0 Å². The van der Waals surface area contributed by atoms with Crippen LogP contribution in [0.3, 0.4) is 0 Å². The quantitative estimate of drug-likeness (QED) is 0.428. The fourth-order valence-corrected chi connectivity index (χ4v) is 4.46. The van der Waals surface area contributed by atoms with E-state index >= 15 is 0 Å². The lowest BCUT2D eigenvalue weighted by Crippen LogP contribution is -2.36. The maximum absolute atomic E-state index is 4.52. The molecule has 0 radical (unpaired) electrons. The van der Waals surface area contributed by atoms with Gasteiger partial charge >= 0.3 is 0 Å². The molecule has 0 spiro atoms. The first-order valence-electron chi connectivity index (χ1n) is 11.0. The zero-order valence-electron chi connectivity index (χ0n) is 18.3. The third-order valence-electron chi connectivity index (χ3n) is 6.18. The molecule has 0 saturated carbocycles. The molecule has 0 amide bonds. The first-order chi connectivity index (χ1) is 15.3. The van der Waals surface area contributed by atoms with Crippen LogP contribution in [0.25, 0.3) is 0 Å². The first-order valence-corrected chi connectivity index (χ1v) is 11.0. The molecule has 0 saturated heterocycles. The number of aromatic nitrogens is 4. The summed E-state index contributed by atoms with van der Waals surface area (Å²) in [6.07, 6.45) is 1.95. The summed E-state index contributed by atoms with van der Waals surface area (Å²) in [7, 11) is 0. The van der Waals surface area contributed by atoms with Crippen LogP contribution in [0.1, 0.15) is 39.7 Å². The van der Waals surface area contributed by atoms with Crippen molar-refractivity contribution in [2.24, 2.45) is 0 Å². The number of hydrogen-bond acceptors (Lipinski definition) is 4. The molecule has 3 aromatic carbocycles. The van der Waals surface area contributed by atoms with Crippen LogP contribution in [0.4, 0.5) is 0 Å². The highest BCUT2D eigenvalue weighted by atomic mass is 35.5. The van der Waals surface area contributed by atoms with E-state index in [1.165, 1.54) is 27.8 Å². The van der Waals surface area contributed by atoms with E-state index in [1.807, 2.05) is 10.7 Å². The predicted molar refractivity (Wildman–Crippen MR) is 129 cm³/mol. The van der Waals surface area contributed by atoms with Crippen molar-refractivity contribution in [1.82, 2.24) is 25.1 Å². The second kappa shape index (κ2) is 10.1. The minimum absolute atomic E-state index is 0. The molecule has 1 unspecified atom stereocenters. The molecule has 4 aromatic rings. The third kappa shape index (κ3) is 4.74. The normalized spacial score (nSPS) is 14.4. The van der Waals surface area contributed by atoms with Gasteiger partial charge in [-0.1, -0.05) is 84.4 Å². The molecule has 0 bridgehead atoms. The number of rotatable bonds is 6. The number of nitrogens with zero attached hydrogens (tertiary/aromatic N) is 5. The van der Waals surface area contributed by atoms with Gasteiger partial charge in [-0.3, -0.25) is 4.90 Å². The Kier molecular flexibility index (Phi) is 6.98. The van der Waals surface area contributed by atoms with E-state index < -0.39 is 0 Å². The van der Waals surface area contributed by atoms with Crippen LogP contribution in [0.5, 0.6) is 0 Å². The Balaban J connectivity index is 0.00000245. The van der Waals surface area contributed by atoms with E-state index in [0.29, 0.717) is 0 Å². The molecule has 0 N–H and O–H groups in total. The van der Waals surface area contributed by atoms with Gasteiger partial charge in [-0.05, 0) is 52.4 Å². The van der Waals surface area contributed by atoms with E-state index in [0.717, 1.165) is 38.3 Å². The van der Waals surface area contributed by atoms with Crippen molar-refractivity contribution in [3.63, 3.8) is 0 Å². The molecule has 6 heteroatoms. The average molecular weight is 446 g/mol. The van der Waals surface area contributed by atoms with E-state index in [2.05, 4.69) is 100 Å². The van der Waals surface area contributed by atoms with Crippen molar-refractivity contribution < 1.29 is 0 Å². The Morgan fingerprint density at radius 1 is 0.875 bits per heavy atom. The van der Waals surface area contributed by atoms with Gasteiger partial charge in [0.15, 0.2) is 5.82 Å². The van der Waals surface area contributed by atoms with Gasteiger partial charge in [0.25, 0.3) is 0 Å². The largest absolute Gasteiger partial charge is 0.285 e. The second-order valence-electron chi connectivity index (χ2n) is 8.30. The van der Waals surface area contributed by atoms with Gasteiger partial charge in [-0.15, -0.1) is 17.5 Å². The molecule has 164 valence electrons. The van der Waals surface area contributed by atoms with E-state index in [4.69, 9.17) is 0 Å². The average Bonchev–Trinajstić information content (AvgIpc) is 3.28. The number of aryl methyl sites for hydroxylation is 3. The molecule has 5 rings (SSSR count). The number of benzene rings is 3. The highest BCUT2D eigenvalue weighted by Crippen LogP contribution is 2.32. The fraction of sp³-hybridized carbons (Fsp3) is 0.269. The van der Waals surface area contributed by atoms with Gasteiger partial charge < -0.3 is 0 Å². The Bertz CT molecular complexity index is 1140. The van der Waals surface area contributed by atoms with Crippen LogP contribution < -0.4 is 0 Å². The zero-order chi connectivity index (χ0) is 21.0. The summed E-state index contributed by atoms with van der Waals surface area (Å²) in [4.78, 5) is 2.51. The molecule has 5 nitrogen and oxygen atoms in total. The predicted octanol–water partition coefficient (Wildman–Crippen LogP) is 4.79. The number of tetrazole rings is 1. The number of fused-ring (bicyclic) bond motifs is 1. The molecule has 1 aliphatic rings. The monoisotopic (exact) mass is 445 g/mol. The Hall–Kier alpha value is -3.02. The summed E-state index contributed by atoms with van der Waals surface area (Å²) in [6, 6.07) is 28.1. The lowest BCUT2D eigenvalue weighted by Gasteiger charge is -2.35. The van der Waals surface area contributed by atoms with Crippen molar-refractivity contribution in [2.75, 3.05) is 6.54 Å². The smallest absolute Gasteiger partial charge is 0.173 e. The highest BCUT2D eigenvalue weighted by molar-refractivity contribution is 5.85. The highest BCUT2D eigenvalue weighted by Gasteiger charge is 2.30. The number of hydrogen-bond donors (Lipinski definition) is 0. The summed E-state index contributed by atoms with van der Waals surface area (Å²) < 4.78 is 1.98. The first kappa shape index (κ1) is 22.2. The van der Waals surface area contributed by atoms with Crippen molar-refractivity contribution in [3.05, 3.63) is 113 Å². The summed E-state index contributed by atoms with van der Waals surface area (Å²) in [6.45, 7) is 4.78. The fourth-order valence-electron chi connectivity index (χ4n) is 4.46. The van der Waals surface area contributed by atoms with Crippen molar-refractivity contribution >= 4 is 12.4 Å². The molecule has 1 aromatic heterocycles. The second-order valence-corrected chi connectivity index (χ2v) is 8.30. The molecule has 2 heterocycles. The maximum Gasteiger partial charge on any atom is 0.173 e. The lowest BCUT2D eigenvalue weighted by atomic mass is 9.95. The molecule has 1 atom stereocenters. The minimum atomic E-state index is 0. The van der Waals surface area contributed by atoms with E-state index in [1.54, 1.807) is 0 Å². The van der Waals surface area contributed by atoms with Crippen molar-refractivity contribution in [3.8, 4) is 0 Å². The maximum atomic E-state index is 4.52. The standard InChI is InChI=1S/C26H27N5.ClH/c1-20-11-13-23(14-12-20)25(30-17-16-22-9-5-6-10-24(22)19-30)26-27-28-29-31(26)18-15-21-7-3-2-4-8-21;/h2-14,25H,15-19H2,1H3;1H. The summed E-state index contributed by atoms with van der Waals surface area (Å²) in [5, 5.41) is 13.0. The summed E-state index contributed by atoms with van der Waals surface area (Å²) in [5.41, 5.74) is 6.64. The van der Waals surface area contributed by atoms with Crippen LogP contribution in [0.15, 0.2) is 78.9 Å². The van der Waals surface area contributed by atoms with Crippen LogP contribution in [-0.4, -0.2) is 31.7 Å². The summed E-state index contributed by atoms with van der Waals surface area (Å²) in [5.74, 6) is 0.916. The minimum Gasteiger partial charge on any atom is -0.285 e. The van der Waals surface area contributed by atoms with Gasteiger partial charge in [0.05, 0.1) is 6.04 Å². The summed E-state index contributed by atoms with van der Waals surface area (Å²) >= 11 is 0. The third-order valence-corrected chi connectivity index (χ3v) is 6.18. The molecule has 32 heavy (non-hydrogen) atoms. The van der Waals surface area contributed by atoms with E-state index in [-0.39, 0.29) is 18.4 Å². The molecule has 0 aliphatic carbocycles. The Morgan fingerprint density at radius 3 is 2.38 bits per heavy atom. The van der Waals surface area contributed by atoms with Gasteiger partial charge in [0, 0.05) is 19.6 Å². The molecular formula is C26H28ClN5. The zero-order valence-corrected chi connectivity index (χ0v) is 19.1. The Labute approximate surface area is 195 Å². The van der Waals surface area contributed by atoms with Gasteiger partial charge in [0.2, 0.25) is 0 Å². The van der Waals surface area contributed by atoms with Crippen LogP contribution in [0.2, 0.25) is 0 Å².